The minimum atomic E-state index is -0.442. The Hall–Kier alpha value is -2.69. The van der Waals surface area contributed by atoms with E-state index in [2.05, 4.69) is 15.3 Å². The molecule has 0 amide bonds. The number of hydrogen-bond donors (Lipinski definition) is 2. The third kappa shape index (κ3) is 3.08. The Morgan fingerprint density at radius 1 is 1.05 bits per heavy atom. The van der Waals surface area contributed by atoms with Crippen molar-refractivity contribution in [1.29, 1.82) is 0 Å². The first kappa shape index (κ1) is 13.3. The summed E-state index contributed by atoms with van der Waals surface area (Å²) in [6.45, 7) is 0.229. The number of H-pyrrole nitrogens is 1. The predicted molar refractivity (Wildman–Crippen MR) is 77.7 cm³/mol. The normalized spacial score (nSPS) is 10.6. The molecule has 0 unspecified atom stereocenters. The molecule has 0 spiro atoms. The molecule has 0 saturated heterocycles. The van der Waals surface area contributed by atoms with E-state index in [4.69, 9.17) is 0 Å². The van der Waals surface area contributed by atoms with E-state index in [1.807, 2.05) is 24.3 Å². The maximum atomic E-state index is 13.5. The molecule has 1 heterocycles. The van der Waals surface area contributed by atoms with Crippen LogP contribution in [0.4, 0.5) is 14.5 Å². The maximum Gasteiger partial charge on any atom is 0.128 e. The Morgan fingerprint density at radius 3 is 2.57 bits per heavy atom. The molecule has 2 N–H and O–H groups in total. The van der Waals surface area contributed by atoms with E-state index >= 15 is 0 Å². The van der Waals surface area contributed by atoms with Crippen molar-refractivity contribution in [2.45, 2.75) is 6.54 Å². The highest BCUT2D eigenvalue weighted by Gasteiger charge is 2.04. The number of aromatic nitrogens is 2. The highest BCUT2D eigenvalue weighted by Crippen LogP contribution is 2.19. The summed E-state index contributed by atoms with van der Waals surface area (Å²) >= 11 is 0. The van der Waals surface area contributed by atoms with Gasteiger partial charge < -0.3 is 10.3 Å². The molecule has 0 saturated carbocycles. The summed E-state index contributed by atoms with van der Waals surface area (Å²) in [6.07, 6.45) is 3.36. The van der Waals surface area contributed by atoms with Crippen molar-refractivity contribution in [3.05, 3.63) is 72.2 Å². The fourth-order valence-corrected chi connectivity index (χ4v) is 2.06. The molecule has 106 valence electrons. The minimum Gasteiger partial charge on any atom is -0.381 e. The number of imidazole rings is 1. The van der Waals surface area contributed by atoms with Crippen LogP contribution in [0.5, 0.6) is 0 Å². The average Bonchev–Trinajstić information content (AvgIpc) is 3.03. The number of anilines is 1. The molecule has 0 fully saturated rings. The van der Waals surface area contributed by atoms with Gasteiger partial charge in [0.05, 0.1) is 18.2 Å². The van der Waals surface area contributed by atoms with Crippen LogP contribution >= 0.6 is 0 Å². The average molecular weight is 285 g/mol. The Morgan fingerprint density at radius 2 is 1.86 bits per heavy atom. The second-order valence-electron chi connectivity index (χ2n) is 4.63. The summed E-state index contributed by atoms with van der Waals surface area (Å²) in [4.78, 5) is 6.99. The first-order chi connectivity index (χ1) is 10.2. The van der Waals surface area contributed by atoms with Crippen LogP contribution in [0.1, 0.15) is 5.56 Å². The van der Waals surface area contributed by atoms with Crippen molar-refractivity contribution in [2.75, 3.05) is 5.32 Å². The minimum absolute atomic E-state index is 0.229. The van der Waals surface area contributed by atoms with E-state index in [1.54, 1.807) is 12.5 Å². The number of benzene rings is 2. The predicted octanol–water partition coefficient (Wildman–Crippen LogP) is 3.97. The van der Waals surface area contributed by atoms with Crippen LogP contribution in [0.3, 0.4) is 0 Å². The van der Waals surface area contributed by atoms with Gasteiger partial charge in [-0.1, -0.05) is 12.1 Å². The van der Waals surface area contributed by atoms with Crippen LogP contribution < -0.4 is 5.32 Å². The zero-order valence-electron chi connectivity index (χ0n) is 11.1. The Labute approximate surface area is 120 Å². The van der Waals surface area contributed by atoms with E-state index in [9.17, 15) is 8.78 Å². The summed E-state index contributed by atoms with van der Waals surface area (Å²) in [5.74, 6) is -0.860. The van der Waals surface area contributed by atoms with Crippen LogP contribution in [-0.2, 0) is 6.54 Å². The zero-order valence-corrected chi connectivity index (χ0v) is 11.1. The molecule has 1 aromatic heterocycles. The molecule has 3 nitrogen and oxygen atoms in total. The number of rotatable bonds is 4. The third-order valence-corrected chi connectivity index (χ3v) is 3.18. The molecule has 0 radical (unpaired) electrons. The van der Waals surface area contributed by atoms with Crippen LogP contribution in [-0.4, -0.2) is 9.97 Å². The maximum absolute atomic E-state index is 13.5. The largest absolute Gasteiger partial charge is 0.381 e. The van der Waals surface area contributed by atoms with Crippen molar-refractivity contribution in [3.63, 3.8) is 0 Å². The van der Waals surface area contributed by atoms with Gasteiger partial charge in [-0.3, -0.25) is 0 Å². The zero-order chi connectivity index (χ0) is 14.7. The van der Waals surface area contributed by atoms with Gasteiger partial charge in [-0.15, -0.1) is 0 Å². The molecule has 5 heteroatoms. The summed E-state index contributed by atoms with van der Waals surface area (Å²) in [5, 5.41) is 3.07. The van der Waals surface area contributed by atoms with Gasteiger partial charge in [0.2, 0.25) is 0 Å². The fourth-order valence-electron chi connectivity index (χ4n) is 2.06. The first-order valence-corrected chi connectivity index (χ1v) is 6.49. The molecular weight excluding hydrogens is 272 g/mol. The van der Waals surface area contributed by atoms with Crippen LogP contribution in [0.25, 0.3) is 11.3 Å². The first-order valence-electron chi connectivity index (χ1n) is 6.49. The SMILES string of the molecule is Fc1ccc(F)c(CNc2ccc(-c3cnc[nH]3)cc2)c1. The van der Waals surface area contributed by atoms with Crippen molar-refractivity contribution in [2.24, 2.45) is 0 Å². The Kier molecular flexibility index (Phi) is 3.64. The number of hydrogen-bond acceptors (Lipinski definition) is 2. The van der Waals surface area contributed by atoms with Crippen molar-refractivity contribution >= 4 is 5.69 Å². The Balaban J connectivity index is 1.70. The van der Waals surface area contributed by atoms with Crippen molar-refractivity contribution in [3.8, 4) is 11.3 Å². The van der Waals surface area contributed by atoms with Gasteiger partial charge in [0.25, 0.3) is 0 Å². The van der Waals surface area contributed by atoms with Gasteiger partial charge in [0.1, 0.15) is 11.6 Å². The lowest BCUT2D eigenvalue weighted by Gasteiger charge is -2.08. The third-order valence-electron chi connectivity index (χ3n) is 3.18. The summed E-state index contributed by atoms with van der Waals surface area (Å²) in [5.41, 5.74) is 3.07. The van der Waals surface area contributed by atoms with Crippen LogP contribution in [0, 0.1) is 11.6 Å². The van der Waals surface area contributed by atoms with E-state index < -0.39 is 11.6 Å². The molecule has 3 rings (SSSR count). The van der Waals surface area contributed by atoms with Crippen molar-refractivity contribution < 1.29 is 8.78 Å². The van der Waals surface area contributed by atoms with Gasteiger partial charge in [0.15, 0.2) is 0 Å². The molecular formula is C16H13F2N3. The van der Waals surface area contributed by atoms with E-state index in [1.165, 1.54) is 6.07 Å². The number of halogens is 2. The summed E-state index contributed by atoms with van der Waals surface area (Å²) < 4.78 is 26.6. The molecule has 21 heavy (non-hydrogen) atoms. The van der Waals surface area contributed by atoms with E-state index in [-0.39, 0.29) is 6.54 Å². The van der Waals surface area contributed by atoms with Crippen LogP contribution in [0.15, 0.2) is 55.0 Å². The van der Waals surface area contributed by atoms with Crippen molar-refractivity contribution in [1.82, 2.24) is 9.97 Å². The lowest BCUT2D eigenvalue weighted by Crippen LogP contribution is -2.02. The molecule has 0 aliphatic rings. The van der Waals surface area contributed by atoms with Gasteiger partial charge in [-0.05, 0) is 35.9 Å². The van der Waals surface area contributed by atoms with E-state index in [0.29, 0.717) is 5.56 Å². The second kappa shape index (κ2) is 5.75. The molecule has 0 atom stereocenters. The summed E-state index contributed by atoms with van der Waals surface area (Å²) in [6, 6.07) is 11.1. The van der Waals surface area contributed by atoms with Crippen LogP contribution in [0.2, 0.25) is 0 Å². The lowest BCUT2D eigenvalue weighted by atomic mass is 10.1. The number of aromatic amines is 1. The lowest BCUT2D eigenvalue weighted by molar-refractivity contribution is 0.587. The molecule has 0 aliphatic heterocycles. The highest BCUT2D eigenvalue weighted by molar-refractivity contribution is 5.61. The fraction of sp³-hybridized carbons (Fsp3) is 0.0625. The molecule has 2 aromatic carbocycles. The molecule has 3 aromatic rings. The quantitative estimate of drug-likeness (QED) is 0.761. The van der Waals surface area contributed by atoms with Gasteiger partial charge >= 0.3 is 0 Å². The summed E-state index contributed by atoms with van der Waals surface area (Å²) in [7, 11) is 0. The van der Waals surface area contributed by atoms with Gasteiger partial charge in [-0.25, -0.2) is 13.8 Å². The van der Waals surface area contributed by atoms with Gasteiger partial charge in [-0.2, -0.15) is 0 Å². The Bertz CT molecular complexity index is 722. The second-order valence-corrected chi connectivity index (χ2v) is 4.63. The number of nitrogens with one attached hydrogen (secondary N) is 2. The molecule has 0 aliphatic carbocycles. The van der Waals surface area contributed by atoms with Gasteiger partial charge in [0, 0.05) is 17.8 Å². The monoisotopic (exact) mass is 285 g/mol. The highest BCUT2D eigenvalue weighted by atomic mass is 19.1. The standard InChI is InChI=1S/C16H13F2N3/c17-13-3-6-15(18)12(7-13)8-20-14-4-1-11(2-5-14)16-9-19-10-21-16/h1-7,9-10,20H,8H2,(H,19,21). The topological polar surface area (TPSA) is 40.7 Å². The number of nitrogens with zero attached hydrogens (tertiary/aromatic N) is 1. The smallest absolute Gasteiger partial charge is 0.128 e. The van der Waals surface area contributed by atoms with E-state index in [0.717, 1.165) is 29.1 Å². The molecule has 0 bridgehead atoms.